The van der Waals surface area contributed by atoms with Crippen molar-refractivity contribution in [2.45, 2.75) is 44.8 Å². The molecule has 2 aliphatic rings. The Morgan fingerprint density at radius 2 is 2.11 bits per heavy atom. The van der Waals surface area contributed by atoms with Gasteiger partial charge in [0.05, 0.1) is 12.7 Å². The van der Waals surface area contributed by atoms with Crippen LogP contribution in [-0.2, 0) is 9.53 Å². The fourth-order valence-electron chi connectivity index (χ4n) is 2.98. The van der Waals surface area contributed by atoms with Crippen molar-refractivity contribution in [2.75, 3.05) is 39.3 Å². The normalized spacial score (nSPS) is 26.6. The molecule has 2 unspecified atom stereocenters. The molecule has 5 nitrogen and oxygen atoms in total. The Bertz CT molecular complexity index is 292. The molecule has 2 rings (SSSR count). The van der Waals surface area contributed by atoms with Crippen molar-refractivity contribution < 1.29 is 9.53 Å². The Balaban J connectivity index is 1.86. The van der Waals surface area contributed by atoms with E-state index in [0.717, 1.165) is 52.0 Å². The molecule has 110 valence electrons. The van der Waals surface area contributed by atoms with E-state index >= 15 is 0 Å². The highest BCUT2D eigenvalue weighted by molar-refractivity contribution is 5.77. The Morgan fingerprint density at radius 1 is 1.37 bits per heavy atom. The van der Waals surface area contributed by atoms with Gasteiger partial charge in [-0.25, -0.2) is 0 Å². The number of amides is 1. The molecule has 2 aliphatic heterocycles. The van der Waals surface area contributed by atoms with Gasteiger partial charge in [0.1, 0.15) is 0 Å². The first kappa shape index (κ1) is 14.8. The summed E-state index contributed by atoms with van der Waals surface area (Å²) in [7, 11) is 0. The van der Waals surface area contributed by atoms with Gasteiger partial charge in [0.25, 0.3) is 0 Å². The van der Waals surface area contributed by atoms with Crippen molar-refractivity contribution >= 4 is 5.91 Å². The molecule has 5 heteroatoms. The number of rotatable bonds is 5. The average molecular weight is 269 g/mol. The zero-order valence-corrected chi connectivity index (χ0v) is 12.0. The van der Waals surface area contributed by atoms with E-state index in [1.807, 2.05) is 4.90 Å². The van der Waals surface area contributed by atoms with Gasteiger partial charge in [-0.3, -0.25) is 9.69 Å². The number of ether oxygens (including phenoxy) is 1. The molecule has 0 bridgehead atoms. The second-order valence-electron chi connectivity index (χ2n) is 5.58. The molecule has 2 atom stereocenters. The van der Waals surface area contributed by atoms with E-state index < -0.39 is 0 Å². The van der Waals surface area contributed by atoms with E-state index in [1.165, 1.54) is 0 Å². The van der Waals surface area contributed by atoms with E-state index in [1.54, 1.807) is 0 Å². The summed E-state index contributed by atoms with van der Waals surface area (Å²) >= 11 is 0. The van der Waals surface area contributed by atoms with E-state index in [2.05, 4.69) is 11.8 Å². The molecular weight excluding hydrogens is 242 g/mol. The van der Waals surface area contributed by atoms with Crippen molar-refractivity contribution in [3.05, 3.63) is 0 Å². The first-order chi connectivity index (χ1) is 9.24. The summed E-state index contributed by atoms with van der Waals surface area (Å²) in [4.78, 5) is 16.5. The molecular formula is C14H27N3O2. The van der Waals surface area contributed by atoms with Gasteiger partial charge in [0.15, 0.2) is 0 Å². The standard InChI is InChI=1S/C14H27N3O2/c1-2-13-11-17(7-8-19-13)12(10-15)9-14(18)16-5-3-4-6-16/h12-13H,2-11,15H2,1H3. The Labute approximate surface area is 116 Å². The van der Waals surface area contributed by atoms with Crippen LogP contribution in [-0.4, -0.2) is 67.2 Å². The molecule has 0 aliphatic carbocycles. The lowest BCUT2D eigenvalue weighted by molar-refractivity contribution is -0.132. The van der Waals surface area contributed by atoms with E-state index in [4.69, 9.17) is 10.5 Å². The van der Waals surface area contributed by atoms with E-state index in [-0.39, 0.29) is 11.9 Å². The Kier molecular flexibility index (Phi) is 5.60. The van der Waals surface area contributed by atoms with E-state index in [9.17, 15) is 4.79 Å². The summed E-state index contributed by atoms with van der Waals surface area (Å²) in [6.07, 6.45) is 4.17. The van der Waals surface area contributed by atoms with Gasteiger partial charge < -0.3 is 15.4 Å². The molecule has 0 aromatic carbocycles. The largest absolute Gasteiger partial charge is 0.376 e. The van der Waals surface area contributed by atoms with Crippen molar-refractivity contribution in [3.63, 3.8) is 0 Å². The van der Waals surface area contributed by atoms with Crippen molar-refractivity contribution in [3.8, 4) is 0 Å². The highest BCUT2D eigenvalue weighted by Gasteiger charge is 2.28. The lowest BCUT2D eigenvalue weighted by Crippen LogP contribution is -2.51. The van der Waals surface area contributed by atoms with Gasteiger partial charge in [-0.2, -0.15) is 0 Å². The first-order valence-corrected chi connectivity index (χ1v) is 7.58. The summed E-state index contributed by atoms with van der Waals surface area (Å²) in [6.45, 7) is 7.11. The van der Waals surface area contributed by atoms with Crippen LogP contribution in [0.2, 0.25) is 0 Å². The van der Waals surface area contributed by atoms with E-state index in [0.29, 0.717) is 19.1 Å². The highest BCUT2D eigenvalue weighted by atomic mass is 16.5. The van der Waals surface area contributed by atoms with Crippen LogP contribution in [0.1, 0.15) is 32.6 Å². The number of nitrogens with two attached hydrogens (primary N) is 1. The second-order valence-corrected chi connectivity index (χ2v) is 5.58. The minimum absolute atomic E-state index is 0.172. The third-order valence-corrected chi connectivity index (χ3v) is 4.28. The molecule has 2 fully saturated rings. The lowest BCUT2D eigenvalue weighted by Gasteiger charge is -2.37. The predicted octanol–water partition coefficient (Wildman–Crippen LogP) is 0.437. The van der Waals surface area contributed by atoms with Crippen molar-refractivity contribution in [1.29, 1.82) is 0 Å². The minimum atomic E-state index is 0.172. The quantitative estimate of drug-likeness (QED) is 0.786. The first-order valence-electron chi connectivity index (χ1n) is 7.58. The fraction of sp³-hybridized carbons (Fsp3) is 0.929. The topological polar surface area (TPSA) is 58.8 Å². The number of hydrogen-bond donors (Lipinski definition) is 1. The van der Waals surface area contributed by atoms with Crippen LogP contribution in [0.25, 0.3) is 0 Å². The lowest BCUT2D eigenvalue weighted by atomic mass is 10.1. The molecule has 1 amide bonds. The number of nitrogens with zero attached hydrogens (tertiary/aromatic N) is 2. The molecule has 2 N–H and O–H groups in total. The van der Waals surface area contributed by atoms with Crippen LogP contribution in [0.5, 0.6) is 0 Å². The molecule has 0 aromatic heterocycles. The predicted molar refractivity (Wildman–Crippen MR) is 74.9 cm³/mol. The molecule has 0 saturated carbocycles. The van der Waals surface area contributed by atoms with Crippen molar-refractivity contribution in [2.24, 2.45) is 5.73 Å². The number of hydrogen-bond acceptors (Lipinski definition) is 4. The van der Waals surface area contributed by atoms with Crippen LogP contribution >= 0.6 is 0 Å². The smallest absolute Gasteiger partial charge is 0.224 e. The summed E-state index contributed by atoms with van der Waals surface area (Å²) in [5.74, 6) is 0.271. The molecule has 2 heterocycles. The SMILES string of the molecule is CCC1CN(C(CN)CC(=O)N2CCCC2)CCO1. The molecule has 0 radical (unpaired) electrons. The number of morpholine rings is 1. The van der Waals surface area contributed by atoms with Gasteiger partial charge in [-0.05, 0) is 19.3 Å². The molecule has 0 spiro atoms. The van der Waals surface area contributed by atoms with Crippen LogP contribution in [0.3, 0.4) is 0 Å². The fourth-order valence-corrected chi connectivity index (χ4v) is 2.98. The number of carbonyl (C=O) groups is 1. The summed E-state index contributed by atoms with van der Waals surface area (Å²) < 4.78 is 5.68. The molecule has 0 aromatic rings. The Hall–Kier alpha value is -0.650. The zero-order chi connectivity index (χ0) is 13.7. The van der Waals surface area contributed by atoms with Crippen LogP contribution < -0.4 is 5.73 Å². The monoisotopic (exact) mass is 269 g/mol. The minimum Gasteiger partial charge on any atom is -0.376 e. The van der Waals surface area contributed by atoms with Gasteiger partial charge >= 0.3 is 0 Å². The summed E-state index contributed by atoms with van der Waals surface area (Å²) in [6, 6.07) is 0.172. The van der Waals surface area contributed by atoms with Crippen LogP contribution in [0, 0.1) is 0 Å². The third-order valence-electron chi connectivity index (χ3n) is 4.28. The van der Waals surface area contributed by atoms with Gasteiger partial charge in [0.2, 0.25) is 5.91 Å². The maximum Gasteiger partial charge on any atom is 0.224 e. The molecule has 19 heavy (non-hydrogen) atoms. The maximum absolute atomic E-state index is 12.2. The van der Waals surface area contributed by atoms with Crippen LogP contribution in [0.4, 0.5) is 0 Å². The number of likely N-dealkylation sites (tertiary alicyclic amines) is 1. The van der Waals surface area contributed by atoms with Gasteiger partial charge in [-0.1, -0.05) is 6.92 Å². The van der Waals surface area contributed by atoms with Crippen LogP contribution in [0.15, 0.2) is 0 Å². The van der Waals surface area contributed by atoms with Crippen molar-refractivity contribution in [1.82, 2.24) is 9.80 Å². The summed E-state index contributed by atoms with van der Waals surface area (Å²) in [5, 5.41) is 0. The Morgan fingerprint density at radius 3 is 2.74 bits per heavy atom. The van der Waals surface area contributed by atoms with Gasteiger partial charge in [-0.15, -0.1) is 0 Å². The number of carbonyl (C=O) groups excluding carboxylic acids is 1. The highest BCUT2D eigenvalue weighted by Crippen LogP contribution is 2.16. The molecule has 2 saturated heterocycles. The summed E-state index contributed by atoms with van der Waals surface area (Å²) in [5.41, 5.74) is 5.88. The maximum atomic E-state index is 12.2. The third kappa shape index (κ3) is 3.91. The second kappa shape index (κ2) is 7.22. The van der Waals surface area contributed by atoms with Gasteiger partial charge in [0, 0.05) is 45.2 Å². The zero-order valence-electron chi connectivity index (χ0n) is 12.0. The average Bonchev–Trinajstić information content (AvgIpc) is 2.98.